The number of rotatable bonds is 5. The second kappa shape index (κ2) is 8.43. The molecule has 0 unspecified atom stereocenters. The summed E-state index contributed by atoms with van der Waals surface area (Å²) in [5.41, 5.74) is 5.31. The van der Waals surface area contributed by atoms with Crippen molar-refractivity contribution in [3.05, 3.63) is 60.9 Å². The molecule has 2 aromatic heterocycles. The zero-order valence-electron chi connectivity index (χ0n) is 18.2. The molecule has 1 fully saturated rings. The van der Waals surface area contributed by atoms with E-state index in [4.69, 9.17) is 14.1 Å². The van der Waals surface area contributed by atoms with Gasteiger partial charge in [0.05, 0.1) is 12.8 Å². The Labute approximate surface area is 186 Å². The van der Waals surface area contributed by atoms with E-state index >= 15 is 0 Å². The van der Waals surface area contributed by atoms with E-state index in [2.05, 4.69) is 34.3 Å². The zero-order valence-corrected chi connectivity index (χ0v) is 18.2. The molecule has 1 saturated heterocycles. The molecule has 7 nitrogen and oxygen atoms in total. The Hall–Kier alpha value is -3.71. The number of nitrogens with zero attached hydrogens (tertiary/aromatic N) is 3. The molecule has 0 saturated carbocycles. The lowest BCUT2D eigenvalue weighted by Gasteiger charge is -2.34. The van der Waals surface area contributed by atoms with Crippen LogP contribution < -0.4 is 15.0 Å². The Balaban J connectivity index is 1.41. The summed E-state index contributed by atoms with van der Waals surface area (Å²) >= 11 is 0. The second-order valence-corrected chi connectivity index (χ2v) is 8.04. The van der Waals surface area contributed by atoms with E-state index in [9.17, 15) is 5.11 Å². The average molecular weight is 431 g/mol. The first-order valence-electron chi connectivity index (χ1n) is 10.7. The largest absolute Gasteiger partial charge is 0.508 e. The lowest BCUT2D eigenvalue weighted by molar-refractivity contribution is 0.311. The van der Waals surface area contributed by atoms with Crippen LogP contribution in [0.2, 0.25) is 0 Å². The minimum absolute atomic E-state index is 0.228. The number of ether oxygens (including phenoxy) is 1. The monoisotopic (exact) mass is 430 g/mol. The zero-order chi connectivity index (χ0) is 22.1. The molecule has 0 radical (unpaired) electrons. The predicted octanol–water partition coefficient (Wildman–Crippen LogP) is 4.70. The van der Waals surface area contributed by atoms with Gasteiger partial charge < -0.3 is 29.4 Å². The fourth-order valence-electron chi connectivity index (χ4n) is 4.04. The van der Waals surface area contributed by atoms with Gasteiger partial charge >= 0.3 is 0 Å². The highest BCUT2D eigenvalue weighted by molar-refractivity contribution is 5.92. The van der Waals surface area contributed by atoms with E-state index in [1.165, 1.54) is 0 Å². The number of likely N-dealkylation sites (N-methyl/N-ethyl adjacent to an activating group) is 1. The summed E-state index contributed by atoms with van der Waals surface area (Å²) in [6, 6.07) is 17.0. The number of anilines is 3. The van der Waals surface area contributed by atoms with Crippen LogP contribution in [0.25, 0.3) is 22.2 Å². The van der Waals surface area contributed by atoms with E-state index in [-0.39, 0.29) is 5.75 Å². The molecule has 2 N–H and O–H groups in total. The number of aromatic nitrogens is 1. The molecule has 1 aliphatic rings. The summed E-state index contributed by atoms with van der Waals surface area (Å²) in [5, 5.41) is 13.0. The van der Waals surface area contributed by atoms with Crippen molar-refractivity contribution in [3.63, 3.8) is 0 Å². The number of methoxy groups -OCH3 is 1. The number of aromatic hydroxyl groups is 1. The minimum Gasteiger partial charge on any atom is -0.508 e. The van der Waals surface area contributed by atoms with Crippen molar-refractivity contribution in [2.75, 3.05) is 50.6 Å². The molecule has 0 spiro atoms. The van der Waals surface area contributed by atoms with Crippen molar-refractivity contribution in [2.24, 2.45) is 0 Å². The molecule has 5 rings (SSSR count). The van der Waals surface area contributed by atoms with Crippen molar-refractivity contribution < 1.29 is 14.3 Å². The molecule has 7 heteroatoms. The maximum atomic E-state index is 9.57. The van der Waals surface area contributed by atoms with Gasteiger partial charge in [-0.05, 0) is 49.0 Å². The highest BCUT2D eigenvalue weighted by Crippen LogP contribution is 2.34. The lowest BCUT2D eigenvalue weighted by atomic mass is 10.1. The number of pyridine rings is 1. The number of nitrogens with one attached hydrogen (secondary N) is 1. The van der Waals surface area contributed by atoms with Gasteiger partial charge in [-0.3, -0.25) is 0 Å². The third kappa shape index (κ3) is 3.94. The molecule has 0 bridgehead atoms. The minimum atomic E-state index is 0.228. The molecular weight excluding hydrogens is 404 g/mol. The van der Waals surface area contributed by atoms with Crippen LogP contribution in [0.15, 0.2) is 65.3 Å². The quantitative estimate of drug-likeness (QED) is 0.475. The molecule has 3 heterocycles. The van der Waals surface area contributed by atoms with Gasteiger partial charge in [0, 0.05) is 43.5 Å². The van der Waals surface area contributed by atoms with Gasteiger partial charge in [-0.2, -0.15) is 0 Å². The Morgan fingerprint density at radius 2 is 1.78 bits per heavy atom. The number of fused-ring (bicyclic) bond motifs is 1. The highest BCUT2D eigenvalue weighted by atomic mass is 16.5. The van der Waals surface area contributed by atoms with Crippen molar-refractivity contribution in [3.8, 4) is 22.6 Å². The van der Waals surface area contributed by atoms with Gasteiger partial charge in [-0.25, -0.2) is 4.98 Å². The number of furan rings is 1. The Kier molecular flexibility index (Phi) is 5.33. The van der Waals surface area contributed by atoms with Crippen molar-refractivity contribution >= 4 is 28.3 Å². The van der Waals surface area contributed by atoms with E-state index in [1.807, 2.05) is 30.3 Å². The topological polar surface area (TPSA) is 74.0 Å². The lowest BCUT2D eigenvalue weighted by Crippen LogP contribution is -2.44. The number of hydrogen-bond acceptors (Lipinski definition) is 7. The van der Waals surface area contributed by atoms with Crippen LogP contribution in [0.4, 0.5) is 17.2 Å². The fraction of sp³-hybridized carbons (Fsp3) is 0.240. The second-order valence-electron chi connectivity index (χ2n) is 8.04. The first-order valence-corrected chi connectivity index (χ1v) is 10.7. The summed E-state index contributed by atoms with van der Waals surface area (Å²) < 4.78 is 11.4. The summed E-state index contributed by atoms with van der Waals surface area (Å²) in [7, 11) is 3.86. The molecule has 32 heavy (non-hydrogen) atoms. The fourth-order valence-corrected chi connectivity index (χ4v) is 4.04. The summed E-state index contributed by atoms with van der Waals surface area (Å²) in [6.45, 7) is 4.05. The normalized spacial score (nSPS) is 14.6. The van der Waals surface area contributed by atoms with Crippen LogP contribution >= 0.6 is 0 Å². The SMILES string of the molecule is COc1cc(Nc2ccc3occ(-c4ccc(O)cc4)c3n2)ccc1N1CCN(C)CC1. The van der Waals surface area contributed by atoms with Gasteiger partial charge in [0.15, 0.2) is 5.58 Å². The third-order valence-electron chi connectivity index (χ3n) is 5.89. The number of hydrogen-bond donors (Lipinski definition) is 2. The Morgan fingerprint density at radius 1 is 1.00 bits per heavy atom. The summed E-state index contributed by atoms with van der Waals surface area (Å²) in [5.74, 6) is 1.79. The molecule has 0 aliphatic carbocycles. The van der Waals surface area contributed by atoms with E-state index in [0.29, 0.717) is 11.4 Å². The molecule has 1 aliphatic heterocycles. The van der Waals surface area contributed by atoms with E-state index in [0.717, 1.165) is 59.9 Å². The van der Waals surface area contributed by atoms with E-state index < -0.39 is 0 Å². The summed E-state index contributed by atoms with van der Waals surface area (Å²) in [6.07, 6.45) is 1.70. The average Bonchev–Trinajstić information content (AvgIpc) is 3.23. The van der Waals surface area contributed by atoms with Gasteiger partial charge in [-0.15, -0.1) is 0 Å². The van der Waals surface area contributed by atoms with Gasteiger partial charge in [0.1, 0.15) is 29.1 Å². The van der Waals surface area contributed by atoms with E-state index in [1.54, 1.807) is 25.5 Å². The molecule has 164 valence electrons. The van der Waals surface area contributed by atoms with Crippen LogP contribution in [0.5, 0.6) is 11.5 Å². The molecule has 0 atom stereocenters. The molecule has 4 aromatic rings. The molecule has 0 amide bonds. The smallest absolute Gasteiger partial charge is 0.153 e. The van der Waals surface area contributed by atoms with Crippen LogP contribution in [0, 0.1) is 0 Å². The number of phenols is 1. The summed E-state index contributed by atoms with van der Waals surface area (Å²) in [4.78, 5) is 9.48. The van der Waals surface area contributed by atoms with Crippen LogP contribution in [-0.2, 0) is 0 Å². The maximum Gasteiger partial charge on any atom is 0.153 e. The predicted molar refractivity (Wildman–Crippen MR) is 127 cm³/mol. The first kappa shape index (κ1) is 20.2. The van der Waals surface area contributed by atoms with Crippen LogP contribution in [-0.4, -0.2) is 55.3 Å². The van der Waals surface area contributed by atoms with Crippen LogP contribution in [0.3, 0.4) is 0 Å². The molecular formula is C25H26N4O3. The third-order valence-corrected chi connectivity index (χ3v) is 5.89. The van der Waals surface area contributed by atoms with Crippen molar-refractivity contribution in [1.29, 1.82) is 0 Å². The highest BCUT2D eigenvalue weighted by Gasteiger charge is 2.18. The van der Waals surface area contributed by atoms with Crippen molar-refractivity contribution in [1.82, 2.24) is 9.88 Å². The van der Waals surface area contributed by atoms with Gasteiger partial charge in [0.25, 0.3) is 0 Å². The number of benzene rings is 2. The van der Waals surface area contributed by atoms with Crippen molar-refractivity contribution in [2.45, 2.75) is 0 Å². The Bertz CT molecular complexity index is 1230. The maximum absolute atomic E-state index is 9.57. The first-order chi connectivity index (χ1) is 15.6. The number of phenolic OH excluding ortho intramolecular Hbond substituents is 1. The standard InChI is InChI=1S/C25H26N4O3/c1-28-11-13-29(14-12-28)21-8-5-18(15-23(21)31-2)26-24-10-9-22-25(27-24)20(16-32-22)17-3-6-19(30)7-4-17/h3-10,15-16,30H,11-14H2,1-2H3,(H,26,27). The number of piperazine rings is 1. The molecule has 2 aromatic carbocycles. The Morgan fingerprint density at radius 3 is 2.53 bits per heavy atom. The van der Waals surface area contributed by atoms with Gasteiger partial charge in [-0.1, -0.05) is 12.1 Å². The van der Waals surface area contributed by atoms with Gasteiger partial charge in [0.2, 0.25) is 0 Å². The van der Waals surface area contributed by atoms with Crippen LogP contribution in [0.1, 0.15) is 0 Å².